The number of hydrogen-bond acceptors (Lipinski definition) is 0. The SMILES string of the molecule is CCCCCCC1CCC(c2ccc(C=CCCC(F)(F)F)cc2)CC1. The van der Waals surface area contributed by atoms with Crippen LogP contribution >= 0.6 is 0 Å². The molecule has 0 aromatic heterocycles. The van der Waals surface area contributed by atoms with Gasteiger partial charge < -0.3 is 0 Å². The number of halogens is 3. The minimum atomic E-state index is -4.07. The number of hydrogen-bond donors (Lipinski definition) is 0. The average molecular weight is 367 g/mol. The Morgan fingerprint density at radius 1 is 0.962 bits per heavy atom. The molecule has 0 N–H and O–H groups in total. The van der Waals surface area contributed by atoms with Crippen LogP contribution < -0.4 is 0 Å². The van der Waals surface area contributed by atoms with E-state index in [4.69, 9.17) is 0 Å². The standard InChI is InChI=1S/C23H33F3/c1-2-3-4-5-8-19-10-14-21(15-11-19)22-16-12-20(13-17-22)9-6-7-18-23(24,25)26/h6,9,12-13,16-17,19,21H,2-5,7-8,10-11,14-15,18H2,1H3. The second-order valence-corrected chi connectivity index (χ2v) is 7.79. The van der Waals surface area contributed by atoms with Crippen LogP contribution in [0.3, 0.4) is 0 Å². The van der Waals surface area contributed by atoms with Crippen LogP contribution in [0.2, 0.25) is 0 Å². The first-order valence-electron chi connectivity index (χ1n) is 10.3. The molecule has 0 unspecified atom stereocenters. The van der Waals surface area contributed by atoms with Gasteiger partial charge in [-0.1, -0.05) is 75.4 Å². The van der Waals surface area contributed by atoms with E-state index in [1.165, 1.54) is 63.4 Å². The first-order chi connectivity index (χ1) is 12.5. The zero-order valence-corrected chi connectivity index (χ0v) is 16.0. The predicted molar refractivity (Wildman–Crippen MR) is 104 cm³/mol. The normalized spacial score (nSPS) is 21.4. The van der Waals surface area contributed by atoms with Crippen molar-refractivity contribution in [2.24, 2.45) is 5.92 Å². The van der Waals surface area contributed by atoms with Gasteiger partial charge in [0.15, 0.2) is 0 Å². The molecule has 0 radical (unpaired) electrons. The molecule has 0 bridgehead atoms. The number of allylic oxidation sites excluding steroid dienone is 1. The molecule has 1 aromatic rings. The maximum absolute atomic E-state index is 12.1. The molecule has 1 aliphatic carbocycles. The number of rotatable bonds is 9. The largest absolute Gasteiger partial charge is 0.389 e. The Morgan fingerprint density at radius 3 is 2.27 bits per heavy atom. The van der Waals surface area contributed by atoms with Gasteiger partial charge in [0.1, 0.15) is 0 Å². The molecule has 1 fully saturated rings. The van der Waals surface area contributed by atoms with Crippen LogP contribution in [-0.4, -0.2) is 6.18 Å². The fourth-order valence-corrected chi connectivity index (χ4v) is 3.99. The number of benzene rings is 1. The molecule has 146 valence electrons. The molecule has 0 heterocycles. The highest BCUT2D eigenvalue weighted by Gasteiger charge is 2.25. The van der Waals surface area contributed by atoms with Crippen LogP contribution in [-0.2, 0) is 0 Å². The second-order valence-electron chi connectivity index (χ2n) is 7.79. The fraction of sp³-hybridized carbons (Fsp3) is 0.652. The van der Waals surface area contributed by atoms with E-state index in [9.17, 15) is 13.2 Å². The highest BCUT2D eigenvalue weighted by atomic mass is 19.4. The lowest BCUT2D eigenvalue weighted by Gasteiger charge is -2.29. The molecule has 0 saturated heterocycles. The van der Waals surface area contributed by atoms with Crippen LogP contribution in [0.1, 0.15) is 94.6 Å². The molecule has 1 saturated carbocycles. The maximum Gasteiger partial charge on any atom is 0.389 e. The molecule has 26 heavy (non-hydrogen) atoms. The van der Waals surface area contributed by atoms with Crippen molar-refractivity contribution in [3.63, 3.8) is 0 Å². The van der Waals surface area contributed by atoms with Gasteiger partial charge in [-0.25, -0.2) is 0 Å². The molecule has 0 amide bonds. The topological polar surface area (TPSA) is 0 Å². The second kappa shape index (κ2) is 10.8. The van der Waals surface area contributed by atoms with Crippen LogP contribution in [0, 0.1) is 5.92 Å². The number of alkyl halides is 3. The van der Waals surface area contributed by atoms with Gasteiger partial charge in [0.2, 0.25) is 0 Å². The molecule has 0 atom stereocenters. The highest BCUT2D eigenvalue weighted by Crippen LogP contribution is 2.37. The van der Waals surface area contributed by atoms with Gasteiger partial charge >= 0.3 is 6.18 Å². The third kappa shape index (κ3) is 7.97. The van der Waals surface area contributed by atoms with Gasteiger partial charge in [-0.05, 0) is 55.1 Å². The van der Waals surface area contributed by atoms with E-state index in [1.54, 1.807) is 12.2 Å². The molecule has 2 rings (SSSR count). The molecule has 1 aliphatic rings. The number of unbranched alkanes of at least 4 members (excludes halogenated alkanes) is 3. The highest BCUT2D eigenvalue weighted by molar-refractivity contribution is 5.49. The zero-order valence-electron chi connectivity index (χ0n) is 16.0. The van der Waals surface area contributed by atoms with Crippen molar-refractivity contribution in [1.82, 2.24) is 0 Å². The molecule has 0 nitrogen and oxygen atoms in total. The Kier molecular flexibility index (Phi) is 8.74. The van der Waals surface area contributed by atoms with Gasteiger partial charge in [0.25, 0.3) is 0 Å². The molecular formula is C23H33F3. The van der Waals surface area contributed by atoms with Crippen molar-refractivity contribution >= 4 is 6.08 Å². The summed E-state index contributed by atoms with van der Waals surface area (Å²) in [5, 5.41) is 0. The van der Waals surface area contributed by atoms with E-state index in [0.717, 1.165) is 11.5 Å². The summed E-state index contributed by atoms with van der Waals surface area (Å²) in [6, 6.07) is 8.40. The first kappa shape index (κ1) is 21.1. The zero-order chi connectivity index (χ0) is 18.8. The monoisotopic (exact) mass is 366 g/mol. The maximum atomic E-state index is 12.1. The van der Waals surface area contributed by atoms with Crippen molar-refractivity contribution in [2.75, 3.05) is 0 Å². The van der Waals surface area contributed by atoms with E-state index in [0.29, 0.717) is 5.92 Å². The summed E-state index contributed by atoms with van der Waals surface area (Å²) in [5.74, 6) is 1.57. The smallest absolute Gasteiger partial charge is 0.171 e. The summed E-state index contributed by atoms with van der Waals surface area (Å²) in [5.41, 5.74) is 2.38. The molecule has 1 aromatic carbocycles. The quantitative estimate of drug-likeness (QED) is 0.386. The van der Waals surface area contributed by atoms with E-state index < -0.39 is 12.6 Å². The minimum absolute atomic E-state index is 0.0491. The molecule has 3 heteroatoms. The van der Waals surface area contributed by atoms with E-state index in [2.05, 4.69) is 19.1 Å². The van der Waals surface area contributed by atoms with Crippen molar-refractivity contribution < 1.29 is 13.2 Å². The third-order valence-electron chi connectivity index (χ3n) is 5.63. The minimum Gasteiger partial charge on any atom is -0.171 e. The summed E-state index contributed by atoms with van der Waals surface area (Å²) in [7, 11) is 0. The van der Waals surface area contributed by atoms with Crippen LogP contribution in [0.5, 0.6) is 0 Å². The van der Waals surface area contributed by atoms with Gasteiger partial charge in [-0.15, -0.1) is 0 Å². The first-order valence-corrected chi connectivity index (χ1v) is 10.3. The van der Waals surface area contributed by atoms with Crippen molar-refractivity contribution in [3.8, 4) is 0 Å². The molecule has 0 aliphatic heterocycles. The average Bonchev–Trinajstić information content (AvgIpc) is 2.63. The van der Waals surface area contributed by atoms with Gasteiger partial charge in [-0.2, -0.15) is 13.2 Å². The summed E-state index contributed by atoms with van der Waals surface area (Å²) >= 11 is 0. The van der Waals surface area contributed by atoms with E-state index in [-0.39, 0.29) is 6.42 Å². The van der Waals surface area contributed by atoms with Gasteiger partial charge in [-0.3, -0.25) is 0 Å². The van der Waals surface area contributed by atoms with Crippen molar-refractivity contribution in [2.45, 2.75) is 89.6 Å². The third-order valence-corrected chi connectivity index (χ3v) is 5.63. The van der Waals surface area contributed by atoms with Crippen LogP contribution in [0.25, 0.3) is 6.08 Å². The molecular weight excluding hydrogens is 333 g/mol. The Balaban J connectivity index is 1.73. The summed E-state index contributed by atoms with van der Waals surface area (Å²) in [6.45, 7) is 2.26. The van der Waals surface area contributed by atoms with Gasteiger partial charge in [0, 0.05) is 6.42 Å². The summed E-state index contributed by atoms with van der Waals surface area (Å²) in [4.78, 5) is 0. The lowest BCUT2D eigenvalue weighted by molar-refractivity contribution is -0.133. The fourth-order valence-electron chi connectivity index (χ4n) is 3.99. The van der Waals surface area contributed by atoms with E-state index in [1.807, 2.05) is 12.1 Å². The van der Waals surface area contributed by atoms with Crippen molar-refractivity contribution in [1.29, 1.82) is 0 Å². The predicted octanol–water partition coefficient (Wildman–Crippen LogP) is 8.29. The molecule has 0 spiro atoms. The van der Waals surface area contributed by atoms with Gasteiger partial charge in [0.05, 0.1) is 0 Å². The van der Waals surface area contributed by atoms with Crippen LogP contribution in [0.15, 0.2) is 30.3 Å². The Morgan fingerprint density at radius 2 is 1.65 bits per heavy atom. The Bertz CT molecular complexity index is 519. The lowest BCUT2D eigenvalue weighted by Crippen LogP contribution is -2.13. The summed E-state index contributed by atoms with van der Waals surface area (Å²) < 4.78 is 36.4. The summed E-state index contributed by atoms with van der Waals surface area (Å²) in [6.07, 6.45) is 10.7. The lowest BCUT2D eigenvalue weighted by atomic mass is 9.77. The van der Waals surface area contributed by atoms with Crippen molar-refractivity contribution in [3.05, 3.63) is 41.5 Å². The van der Waals surface area contributed by atoms with E-state index >= 15 is 0 Å². The Hall–Kier alpha value is -1.25. The Labute approximate surface area is 156 Å². The van der Waals surface area contributed by atoms with Crippen LogP contribution in [0.4, 0.5) is 13.2 Å².